The van der Waals surface area contributed by atoms with Gasteiger partial charge in [0, 0.05) is 32.4 Å². The standard InChI is InChI=1S/C15H17NO4/c1-10(17)8-9-15(20-3)14(19)12-6-4-5-7-13(12)16(15)11(2)18/h4-7H,8-9H2,1-3H3. The molecular weight excluding hydrogens is 258 g/mol. The van der Waals surface area contributed by atoms with Crippen molar-refractivity contribution in [2.24, 2.45) is 0 Å². The summed E-state index contributed by atoms with van der Waals surface area (Å²) in [6.07, 6.45) is 0.337. The lowest BCUT2D eigenvalue weighted by Gasteiger charge is -2.35. The van der Waals surface area contributed by atoms with Gasteiger partial charge in [-0.05, 0) is 19.1 Å². The van der Waals surface area contributed by atoms with E-state index < -0.39 is 5.72 Å². The number of hydrogen-bond acceptors (Lipinski definition) is 4. The highest BCUT2D eigenvalue weighted by Gasteiger charge is 2.53. The maximum absolute atomic E-state index is 12.6. The summed E-state index contributed by atoms with van der Waals surface area (Å²) in [4.78, 5) is 37.2. The maximum Gasteiger partial charge on any atom is 0.226 e. The van der Waals surface area contributed by atoms with Crippen molar-refractivity contribution in [3.63, 3.8) is 0 Å². The van der Waals surface area contributed by atoms with E-state index in [1.165, 1.54) is 25.9 Å². The zero-order chi connectivity index (χ0) is 14.9. The van der Waals surface area contributed by atoms with E-state index in [2.05, 4.69) is 0 Å². The first kappa shape index (κ1) is 14.4. The Morgan fingerprint density at radius 2 is 1.90 bits per heavy atom. The van der Waals surface area contributed by atoms with E-state index in [1.54, 1.807) is 24.3 Å². The second-order valence-corrected chi connectivity index (χ2v) is 4.89. The Morgan fingerprint density at radius 3 is 2.45 bits per heavy atom. The molecule has 0 fully saturated rings. The van der Waals surface area contributed by atoms with Crippen molar-refractivity contribution in [2.45, 2.75) is 32.4 Å². The first-order valence-corrected chi connectivity index (χ1v) is 6.43. The van der Waals surface area contributed by atoms with Gasteiger partial charge in [-0.25, -0.2) is 0 Å². The molecule has 106 valence electrons. The molecule has 0 aromatic heterocycles. The fraction of sp³-hybridized carbons (Fsp3) is 0.400. The minimum absolute atomic E-state index is 0.0475. The van der Waals surface area contributed by atoms with E-state index in [-0.39, 0.29) is 30.3 Å². The number of carbonyl (C=O) groups excluding carboxylic acids is 3. The number of amides is 1. The molecule has 0 aliphatic carbocycles. The molecule has 1 aromatic carbocycles. The van der Waals surface area contributed by atoms with Crippen LogP contribution in [0.4, 0.5) is 5.69 Å². The summed E-state index contributed by atoms with van der Waals surface area (Å²) in [5.74, 6) is -0.602. The summed E-state index contributed by atoms with van der Waals surface area (Å²) < 4.78 is 5.42. The topological polar surface area (TPSA) is 63.7 Å². The molecule has 0 saturated heterocycles. The summed E-state index contributed by atoms with van der Waals surface area (Å²) in [5, 5.41) is 0. The van der Waals surface area contributed by atoms with Crippen molar-refractivity contribution in [1.82, 2.24) is 0 Å². The SMILES string of the molecule is COC1(CCC(C)=O)C(=O)c2ccccc2N1C(C)=O. The molecule has 1 aromatic rings. The Labute approximate surface area is 117 Å². The van der Waals surface area contributed by atoms with E-state index in [0.717, 1.165) is 0 Å². The molecule has 2 rings (SSSR count). The third-order valence-corrected chi connectivity index (χ3v) is 3.57. The number of methoxy groups -OCH3 is 1. The Kier molecular flexibility index (Phi) is 3.72. The summed E-state index contributed by atoms with van der Waals surface area (Å²) in [6.45, 7) is 2.84. The van der Waals surface area contributed by atoms with Gasteiger partial charge in [0.25, 0.3) is 0 Å². The van der Waals surface area contributed by atoms with Gasteiger partial charge >= 0.3 is 0 Å². The average Bonchev–Trinajstić information content (AvgIpc) is 2.67. The Bertz CT molecular complexity index is 581. The van der Waals surface area contributed by atoms with Gasteiger partial charge in [0.15, 0.2) is 0 Å². The molecular formula is C15H17NO4. The van der Waals surface area contributed by atoms with E-state index in [0.29, 0.717) is 11.3 Å². The number of para-hydroxylation sites is 1. The normalized spacial score (nSPS) is 20.9. The van der Waals surface area contributed by atoms with Crippen molar-refractivity contribution in [3.8, 4) is 0 Å². The van der Waals surface area contributed by atoms with Crippen molar-refractivity contribution in [3.05, 3.63) is 29.8 Å². The Morgan fingerprint density at radius 1 is 1.25 bits per heavy atom. The van der Waals surface area contributed by atoms with Crippen LogP contribution in [-0.4, -0.2) is 30.3 Å². The van der Waals surface area contributed by atoms with E-state index >= 15 is 0 Å². The number of Topliss-reactive ketones (excluding diaryl/α,β-unsaturated/α-hetero) is 2. The van der Waals surface area contributed by atoms with E-state index in [9.17, 15) is 14.4 Å². The molecule has 0 N–H and O–H groups in total. The minimum atomic E-state index is -1.40. The Hall–Kier alpha value is -2.01. The maximum atomic E-state index is 12.6. The van der Waals surface area contributed by atoms with Crippen molar-refractivity contribution in [1.29, 1.82) is 0 Å². The van der Waals surface area contributed by atoms with Gasteiger partial charge in [0.05, 0.1) is 5.69 Å². The van der Waals surface area contributed by atoms with Crippen molar-refractivity contribution in [2.75, 3.05) is 12.0 Å². The molecule has 0 radical (unpaired) electrons. The number of ether oxygens (including phenoxy) is 1. The zero-order valence-electron chi connectivity index (χ0n) is 11.8. The highest BCUT2D eigenvalue weighted by molar-refractivity contribution is 6.19. The number of rotatable bonds is 4. The smallest absolute Gasteiger partial charge is 0.226 e. The molecule has 1 unspecified atom stereocenters. The molecule has 1 aliphatic rings. The van der Waals surface area contributed by atoms with Crippen LogP contribution in [0.1, 0.15) is 37.0 Å². The lowest BCUT2D eigenvalue weighted by atomic mass is 9.98. The predicted molar refractivity (Wildman–Crippen MR) is 73.6 cm³/mol. The lowest BCUT2D eigenvalue weighted by Crippen LogP contribution is -2.54. The average molecular weight is 275 g/mol. The monoisotopic (exact) mass is 275 g/mol. The minimum Gasteiger partial charge on any atom is -0.351 e. The van der Waals surface area contributed by atoms with E-state index in [4.69, 9.17) is 4.74 Å². The summed E-state index contributed by atoms with van der Waals surface area (Å²) in [6, 6.07) is 6.88. The van der Waals surface area contributed by atoms with Crippen LogP contribution in [0, 0.1) is 0 Å². The van der Waals surface area contributed by atoms with Gasteiger partial charge < -0.3 is 9.53 Å². The zero-order valence-corrected chi connectivity index (χ0v) is 11.8. The third-order valence-electron chi connectivity index (χ3n) is 3.57. The van der Waals surface area contributed by atoms with Gasteiger partial charge in [-0.1, -0.05) is 12.1 Å². The summed E-state index contributed by atoms with van der Waals surface area (Å²) in [7, 11) is 1.39. The number of anilines is 1. The van der Waals surface area contributed by atoms with Crippen molar-refractivity contribution < 1.29 is 19.1 Å². The Balaban J connectivity index is 2.53. The lowest BCUT2D eigenvalue weighted by molar-refractivity contribution is -0.123. The summed E-state index contributed by atoms with van der Waals surface area (Å²) >= 11 is 0. The second kappa shape index (κ2) is 5.17. The number of fused-ring (bicyclic) bond motifs is 1. The van der Waals surface area contributed by atoms with Gasteiger partial charge in [0.2, 0.25) is 17.4 Å². The van der Waals surface area contributed by atoms with Crippen LogP contribution in [-0.2, 0) is 14.3 Å². The van der Waals surface area contributed by atoms with Crippen LogP contribution in [0.15, 0.2) is 24.3 Å². The van der Waals surface area contributed by atoms with Crippen LogP contribution in [0.3, 0.4) is 0 Å². The molecule has 20 heavy (non-hydrogen) atoms. The quantitative estimate of drug-likeness (QED) is 0.842. The van der Waals surface area contributed by atoms with Gasteiger partial charge in [0.1, 0.15) is 5.78 Å². The van der Waals surface area contributed by atoms with E-state index in [1.807, 2.05) is 0 Å². The molecule has 1 aliphatic heterocycles. The molecule has 0 spiro atoms. The van der Waals surface area contributed by atoms with Crippen LogP contribution >= 0.6 is 0 Å². The van der Waals surface area contributed by atoms with Crippen LogP contribution in [0.5, 0.6) is 0 Å². The molecule has 1 heterocycles. The largest absolute Gasteiger partial charge is 0.351 e. The molecule has 0 bridgehead atoms. The molecule has 5 nitrogen and oxygen atoms in total. The highest BCUT2D eigenvalue weighted by atomic mass is 16.5. The van der Waals surface area contributed by atoms with Gasteiger partial charge in [-0.2, -0.15) is 0 Å². The van der Waals surface area contributed by atoms with Crippen molar-refractivity contribution >= 4 is 23.2 Å². The molecule has 5 heteroatoms. The molecule has 1 atom stereocenters. The van der Waals surface area contributed by atoms with Gasteiger partial charge in [-0.3, -0.25) is 14.5 Å². The van der Waals surface area contributed by atoms with Crippen LogP contribution in [0.25, 0.3) is 0 Å². The molecule has 1 amide bonds. The highest BCUT2D eigenvalue weighted by Crippen LogP contribution is 2.41. The van der Waals surface area contributed by atoms with Crippen LogP contribution in [0.2, 0.25) is 0 Å². The van der Waals surface area contributed by atoms with Crippen LogP contribution < -0.4 is 4.90 Å². The first-order valence-electron chi connectivity index (χ1n) is 6.43. The third kappa shape index (κ3) is 2.04. The second-order valence-electron chi connectivity index (χ2n) is 4.89. The fourth-order valence-electron chi connectivity index (χ4n) is 2.65. The number of benzene rings is 1. The number of nitrogens with zero attached hydrogens (tertiary/aromatic N) is 1. The summed E-state index contributed by atoms with van der Waals surface area (Å²) in [5.41, 5.74) is -0.412. The predicted octanol–water partition coefficient (Wildman–Crippen LogP) is 1.95. The first-order chi connectivity index (χ1) is 9.44. The van der Waals surface area contributed by atoms with Gasteiger partial charge in [-0.15, -0.1) is 0 Å². The number of hydrogen-bond donors (Lipinski definition) is 0. The molecule has 0 saturated carbocycles. The fourth-order valence-corrected chi connectivity index (χ4v) is 2.65. The number of ketones is 2. The number of carbonyl (C=O) groups is 3.